The summed E-state index contributed by atoms with van der Waals surface area (Å²) >= 11 is 6.12. The van der Waals surface area contributed by atoms with Crippen molar-refractivity contribution in [3.63, 3.8) is 0 Å². The number of nitrogens with zero attached hydrogens (tertiary/aromatic N) is 3. The van der Waals surface area contributed by atoms with Crippen LogP contribution in [-0.2, 0) is 0 Å². The van der Waals surface area contributed by atoms with Gasteiger partial charge in [0, 0.05) is 42.4 Å². The molecule has 1 N–H and O–H groups in total. The number of piperidine rings is 1. The van der Waals surface area contributed by atoms with E-state index in [1.54, 1.807) is 0 Å². The maximum Gasteiger partial charge on any atom is 0.251 e. The molecule has 2 aliphatic rings. The van der Waals surface area contributed by atoms with Gasteiger partial charge in [0.1, 0.15) is 4.87 Å². The van der Waals surface area contributed by atoms with E-state index >= 15 is 0 Å². The van der Waals surface area contributed by atoms with E-state index in [0.29, 0.717) is 29.6 Å². The molecule has 2 aliphatic heterocycles. The summed E-state index contributed by atoms with van der Waals surface area (Å²) in [6.07, 6.45) is 7.36. The van der Waals surface area contributed by atoms with Gasteiger partial charge in [0.2, 0.25) is 6.04 Å². The van der Waals surface area contributed by atoms with E-state index in [9.17, 15) is 9.70 Å². The number of fused-ring (bicyclic) bond motifs is 1. The Morgan fingerprint density at radius 2 is 1.76 bits per heavy atom. The molecule has 2 heterocycles. The van der Waals surface area contributed by atoms with Gasteiger partial charge in [-0.15, -0.1) is 5.01 Å². The van der Waals surface area contributed by atoms with Crippen molar-refractivity contribution in [1.29, 1.82) is 0 Å². The van der Waals surface area contributed by atoms with Gasteiger partial charge in [-0.05, 0) is 85.3 Å². The van der Waals surface area contributed by atoms with Gasteiger partial charge in [-0.3, -0.25) is 4.79 Å². The molecule has 0 aromatic heterocycles. The molecule has 0 spiro atoms. The van der Waals surface area contributed by atoms with Crippen LogP contribution in [0.3, 0.4) is 0 Å². The summed E-state index contributed by atoms with van der Waals surface area (Å²) in [5, 5.41) is 7.95. The molecule has 2 saturated heterocycles. The second-order valence-corrected chi connectivity index (χ2v) is 12.3. The van der Waals surface area contributed by atoms with Crippen LogP contribution in [-0.4, -0.2) is 66.0 Å². The van der Waals surface area contributed by atoms with Crippen molar-refractivity contribution in [1.82, 2.24) is 15.2 Å². The molecule has 0 aliphatic carbocycles. The monoisotopic (exact) mass is 575 g/mol. The fourth-order valence-electron chi connectivity index (χ4n) is 6.50. The molecular weight excluding hydrogens is 532 g/mol. The van der Waals surface area contributed by atoms with Crippen LogP contribution in [0.4, 0.5) is 0 Å². The first-order chi connectivity index (χ1) is 20.0. The lowest BCUT2D eigenvalue weighted by Crippen LogP contribution is -2.43. The van der Waals surface area contributed by atoms with Crippen molar-refractivity contribution in [2.45, 2.75) is 63.8 Å². The van der Waals surface area contributed by atoms with Crippen molar-refractivity contribution < 1.29 is 9.66 Å². The molecule has 1 amide bonds. The van der Waals surface area contributed by atoms with Crippen LogP contribution in [0.1, 0.15) is 73.7 Å². The zero-order chi connectivity index (χ0) is 28.6. The zero-order valence-electron chi connectivity index (χ0n) is 24.3. The first kappa shape index (κ1) is 29.5. The highest BCUT2D eigenvalue weighted by atomic mass is 35.5. The van der Waals surface area contributed by atoms with Gasteiger partial charge in [-0.25, -0.2) is 0 Å². The fourth-order valence-corrected chi connectivity index (χ4v) is 6.68. The number of hydrazine groups is 1. The summed E-state index contributed by atoms with van der Waals surface area (Å²) in [6.45, 7) is 7.47. The van der Waals surface area contributed by atoms with E-state index in [-0.39, 0.29) is 17.9 Å². The maximum absolute atomic E-state index is 13.9. The maximum atomic E-state index is 13.9. The van der Waals surface area contributed by atoms with Crippen LogP contribution in [0, 0.1) is 10.8 Å². The lowest BCUT2D eigenvalue weighted by atomic mass is 9.95. The number of nitrogens with one attached hydrogen (secondary N) is 1. The molecule has 3 atom stereocenters. The highest BCUT2D eigenvalue weighted by molar-refractivity contribution is 6.31. The summed E-state index contributed by atoms with van der Waals surface area (Å²) in [5.41, 5.74) is 1.94. The number of hydrogen-bond acceptors (Lipinski definition) is 3. The number of amides is 1. The molecule has 3 aromatic rings. The van der Waals surface area contributed by atoms with Crippen molar-refractivity contribution in [3.8, 4) is 0 Å². The van der Waals surface area contributed by atoms with E-state index in [2.05, 4.69) is 46.4 Å². The predicted molar refractivity (Wildman–Crippen MR) is 167 cm³/mol. The van der Waals surface area contributed by atoms with Crippen LogP contribution in [0.2, 0.25) is 5.02 Å². The van der Waals surface area contributed by atoms with E-state index in [4.69, 9.17) is 11.6 Å². The first-order valence-electron chi connectivity index (χ1n) is 15.5. The van der Waals surface area contributed by atoms with Gasteiger partial charge < -0.3 is 10.2 Å². The standard InChI is InChI=1S/C34H43ClN4O2/c1-2-27(28-9-5-3-6-10-28)25-38-20-15-26(21-33(39(38)41)16-19-37-17-7-4-8-18-37)24-36-34(40)31-12-11-30-23-32(35)14-13-29(30)22-31/h3,5-6,9-14,22-23,26-27,33H,2,4,7-8,15-21,24-25H2,1H3/p+1/t26-,27-,33-/m0/s1. The number of carbonyl (C=O) groups is 1. The minimum atomic E-state index is -0.0833. The molecule has 7 heteroatoms. The van der Waals surface area contributed by atoms with E-state index < -0.39 is 0 Å². The predicted octanol–water partition coefficient (Wildman–Crippen LogP) is 7.07. The molecule has 2 fully saturated rings. The average molecular weight is 576 g/mol. The highest BCUT2D eigenvalue weighted by Crippen LogP contribution is 2.27. The largest absolute Gasteiger partial charge is 0.352 e. The van der Waals surface area contributed by atoms with Crippen LogP contribution >= 0.6 is 11.6 Å². The molecule has 6 nitrogen and oxygen atoms in total. The molecule has 0 radical (unpaired) electrons. The van der Waals surface area contributed by atoms with Gasteiger partial charge in [0.05, 0.1) is 18.0 Å². The smallest absolute Gasteiger partial charge is 0.251 e. The molecule has 0 unspecified atom stereocenters. The number of likely N-dealkylation sites (tertiary alicyclic amines) is 1. The Balaban J connectivity index is 1.26. The Labute approximate surface area is 249 Å². The van der Waals surface area contributed by atoms with Crippen molar-refractivity contribution in [3.05, 3.63) is 87.8 Å². The first-order valence-corrected chi connectivity index (χ1v) is 15.8. The normalized spacial score (nSPS) is 21.0. The van der Waals surface area contributed by atoms with Gasteiger partial charge >= 0.3 is 0 Å². The van der Waals surface area contributed by atoms with Crippen molar-refractivity contribution >= 4 is 28.3 Å². The van der Waals surface area contributed by atoms with Crippen LogP contribution in [0.15, 0.2) is 66.7 Å². The van der Waals surface area contributed by atoms with E-state index in [0.717, 1.165) is 62.6 Å². The number of rotatable bonds is 10. The SMILES string of the molecule is CC[C@@H](CN1CC[C@H](CNC(=O)c2ccc3cc(Cl)ccc3c2)C[C@H](CCN2CCCCC2)[N+]1=O)c1ccccc1. The second-order valence-electron chi connectivity index (χ2n) is 11.9. The van der Waals surface area contributed by atoms with Gasteiger partial charge in [0.25, 0.3) is 5.91 Å². The van der Waals surface area contributed by atoms with Gasteiger partial charge in [0.15, 0.2) is 0 Å². The molecule has 0 saturated carbocycles. The number of halogens is 1. The Morgan fingerprint density at radius 3 is 2.54 bits per heavy atom. The third kappa shape index (κ3) is 7.87. The van der Waals surface area contributed by atoms with Gasteiger partial charge in [-0.1, -0.05) is 67.4 Å². The second kappa shape index (κ2) is 14.3. The lowest BCUT2D eigenvalue weighted by molar-refractivity contribution is -0.734. The Kier molecular flexibility index (Phi) is 10.3. The molecule has 0 bridgehead atoms. The fraction of sp³-hybridized carbons (Fsp3) is 0.500. The lowest BCUT2D eigenvalue weighted by Gasteiger charge is -2.27. The van der Waals surface area contributed by atoms with Crippen molar-refractivity contribution in [2.75, 3.05) is 39.3 Å². The van der Waals surface area contributed by atoms with Crippen molar-refractivity contribution in [2.24, 2.45) is 5.92 Å². The molecule has 3 aromatic carbocycles. The molecule has 5 rings (SSSR count). The summed E-state index contributed by atoms with van der Waals surface area (Å²) in [6, 6.07) is 21.9. The topological polar surface area (TPSA) is 55.7 Å². The van der Waals surface area contributed by atoms with Crippen LogP contribution in [0.25, 0.3) is 10.8 Å². The Morgan fingerprint density at radius 1 is 1.00 bits per heavy atom. The van der Waals surface area contributed by atoms with Crippen LogP contribution in [0.5, 0.6) is 0 Å². The van der Waals surface area contributed by atoms with Crippen LogP contribution < -0.4 is 5.32 Å². The highest BCUT2D eigenvalue weighted by Gasteiger charge is 2.39. The Bertz CT molecular complexity index is 1310. The third-order valence-corrected chi connectivity index (χ3v) is 9.27. The zero-order valence-corrected chi connectivity index (χ0v) is 25.1. The quantitative estimate of drug-likeness (QED) is 0.263. The minimum absolute atomic E-state index is 0.0677. The van der Waals surface area contributed by atoms with E-state index in [1.165, 1.54) is 29.7 Å². The third-order valence-electron chi connectivity index (χ3n) is 9.03. The summed E-state index contributed by atoms with van der Waals surface area (Å²) in [5.74, 6) is 0.499. The average Bonchev–Trinajstić information content (AvgIpc) is 3.16. The number of carbonyl (C=O) groups excluding carboxylic acids is 1. The molecular formula is C34H44ClN4O2+. The summed E-state index contributed by atoms with van der Waals surface area (Å²) < 4.78 is 0. The van der Waals surface area contributed by atoms with E-state index in [1.807, 2.05) is 42.5 Å². The number of benzene rings is 3. The number of nitroso groups, excluding NO2 is 1. The summed E-state index contributed by atoms with van der Waals surface area (Å²) in [7, 11) is 0. The van der Waals surface area contributed by atoms with Gasteiger partial charge in [-0.2, -0.15) is 0 Å². The molecule has 218 valence electrons. The minimum Gasteiger partial charge on any atom is -0.352 e. The molecule has 41 heavy (non-hydrogen) atoms. The summed E-state index contributed by atoms with van der Waals surface area (Å²) in [4.78, 5) is 30.9. The Hall–Kier alpha value is -2.96. The number of hydrogen-bond donors (Lipinski definition) is 1.